The predicted molar refractivity (Wildman–Crippen MR) is 77.8 cm³/mol. The van der Waals surface area contributed by atoms with Crippen LogP contribution >= 0.6 is 0 Å². The highest BCUT2D eigenvalue weighted by atomic mass is 16.5. The third-order valence-corrected chi connectivity index (χ3v) is 3.53. The third-order valence-electron chi connectivity index (χ3n) is 3.53. The number of rotatable bonds is 7. The van der Waals surface area contributed by atoms with Gasteiger partial charge >= 0.3 is 0 Å². The number of benzene rings is 1. The summed E-state index contributed by atoms with van der Waals surface area (Å²) in [5.41, 5.74) is 1.23. The predicted octanol–water partition coefficient (Wildman–Crippen LogP) is 3.29. The lowest BCUT2D eigenvalue weighted by Gasteiger charge is -2.14. The van der Waals surface area contributed by atoms with Crippen molar-refractivity contribution < 1.29 is 9.47 Å². The van der Waals surface area contributed by atoms with Crippen LogP contribution in [0.15, 0.2) is 30.9 Å². The Hall–Kier alpha value is -1.48. The standard InChI is InChI=1S/C16H23NO2/c1-3-10-19-15-9-8-13(11-16(15)18-2)12-17-14-6-4-5-7-14/h3,8-9,11,14,17H,1,4-7,10,12H2,2H3. The molecular weight excluding hydrogens is 238 g/mol. The molecule has 3 heteroatoms. The first-order chi connectivity index (χ1) is 9.33. The number of ether oxygens (including phenoxy) is 2. The summed E-state index contributed by atoms with van der Waals surface area (Å²) < 4.78 is 10.9. The summed E-state index contributed by atoms with van der Waals surface area (Å²) in [4.78, 5) is 0. The quantitative estimate of drug-likeness (QED) is 0.764. The number of nitrogens with one attached hydrogen (secondary N) is 1. The molecule has 1 aromatic carbocycles. The van der Waals surface area contributed by atoms with Gasteiger partial charge < -0.3 is 14.8 Å². The smallest absolute Gasteiger partial charge is 0.161 e. The average molecular weight is 261 g/mol. The summed E-state index contributed by atoms with van der Waals surface area (Å²) in [6, 6.07) is 6.78. The second kappa shape index (κ2) is 7.19. The lowest BCUT2D eigenvalue weighted by Crippen LogP contribution is -2.25. The van der Waals surface area contributed by atoms with Crippen molar-refractivity contribution in [2.24, 2.45) is 0 Å². The summed E-state index contributed by atoms with van der Waals surface area (Å²) in [6.07, 6.45) is 7.05. The Morgan fingerprint density at radius 1 is 1.32 bits per heavy atom. The topological polar surface area (TPSA) is 30.5 Å². The van der Waals surface area contributed by atoms with Gasteiger partial charge in [0.05, 0.1) is 7.11 Å². The van der Waals surface area contributed by atoms with Crippen LogP contribution in [0.2, 0.25) is 0 Å². The van der Waals surface area contributed by atoms with Crippen molar-refractivity contribution in [1.82, 2.24) is 5.32 Å². The molecule has 2 rings (SSSR count). The van der Waals surface area contributed by atoms with E-state index in [4.69, 9.17) is 9.47 Å². The Morgan fingerprint density at radius 3 is 2.79 bits per heavy atom. The van der Waals surface area contributed by atoms with E-state index in [1.165, 1.54) is 31.2 Å². The van der Waals surface area contributed by atoms with Crippen LogP contribution in [0, 0.1) is 0 Å². The van der Waals surface area contributed by atoms with Crippen molar-refractivity contribution in [3.05, 3.63) is 36.4 Å². The fraction of sp³-hybridized carbons (Fsp3) is 0.500. The maximum Gasteiger partial charge on any atom is 0.161 e. The van der Waals surface area contributed by atoms with Gasteiger partial charge in [-0.2, -0.15) is 0 Å². The van der Waals surface area contributed by atoms with E-state index in [1.807, 2.05) is 12.1 Å². The molecule has 0 spiro atoms. The van der Waals surface area contributed by atoms with Crippen LogP contribution < -0.4 is 14.8 Å². The number of hydrogen-bond acceptors (Lipinski definition) is 3. The van der Waals surface area contributed by atoms with Crippen molar-refractivity contribution in [3.63, 3.8) is 0 Å². The largest absolute Gasteiger partial charge is 0.493 e. The molecule has 0 aromatic heterocycles. The van der Waals surface area contributed by atoms with Crippen molar-refractivity contribution in [2.75, 3.05) is 13.7 Å². The van der Waals surface area contributed by atoms with Crippen LogP contribution in [0.5, 0.6) is 11.5 Å². The van der Waals surface area contributed by atoms with E-state index in [1.54, 1.807) is 13.2 Å². The molecule has 1 aromatic rings. The molecule has 1 N–H and O–H groups in total. The first kappa shape index (κ1) is 13.9. The van der Waals surface area contributed by atoms with E-state index >= 15 is 0 Å². The molecule has 0 bridgehead atoms. The summed E-state index contributed by atoms with van der Waals surface area (Å²) >= 11 is 0. The van der Waals surface area contributed by atoms with Crippen LogP contribution in [-0.2, 0) is 6.54 Å². The summed E-state index contributed by atoms with van der Waals surface area (Å²) in [5, 5.41) is 3.60. The molecule has 0 radical (unpaired) electrons. The second-order valence-corrected chi connectivity index (χ2v) is 4.95. The molecule has 1 aliphatic carbocycles. The molecule has 0 atom stereocenters. The highest BCUT2D eigenvalue weighted by molar-refractivity contribution is 5.43. The van der Waals surface area contributed by atoms with Crippen molar-refractivity contribution in [3.8, 4) is 11.5 Å². The Bertz CT molecular complexity index is 411. The van der Waals surface area contributed by atoms with Gasteiger partial charge in [-0.3, -0.25) is 0 Å². The normalized spacial score (nSPS) is 15.4. The first-order valence-electron chi connectivity index (χ1n) is 6.97. The average Bonchev–Trinajstić information content (AvgIpc) is 2.96. The zero-order chi connectivity index (χ0) is 13.5. The fourth-order valence-electron chi connectivity index (χ4n) is 2.48. The van der Waals surface area contributed by atoms with Crippen molar-refractivity contribution in [1.29, 1.82) is 0 Å². The third kappa shape index (κ3) is 4.00. The summed E-state index contributed by atoms with van der Waals surface area (Å²) in [7, 11) is 1.67. The van der Waals surface area contributed by atoms with E-state index in [2.05, 4.69) is 18.0 Å². The van der Waals surface area contributed by atoms with E-state index in [-0.39, 0.29) is 0 Å². The van der Waals surface area contributed by atoms with Crippen LogP contribution in [0.1, 0.15) is 31.2 Å². The zero-order valence-electron chi connectivity index (χ0n) is 11.7. The van der Waals surface area contributed by atoms with Gasteiger partial charge in [0.2, 0.25) is 0 Å². The zero-order valence-corrected chi connectivity index (χ0v) is 11.7. The van der Waals surface area contributed by atoms with Gasteiger partial charge in [0.25, 0.3) is 0 Å². The molecule has 1 saturated carbocycles. The Kier molecular flexibility index (Phi) is 5.28. The van der Waals surface area contributed by atoms with Crippen LogP contribution in [0.4, 0.5) is 0 Å². The number of methoxy groups -OCH3 is 1. The Morgan fingerprint density at radius 2 is 2.11 bits per heavy atom. The fourth-order valence-corrected chi connectivity index (χ4v) is 2.48. The lowest BCUT2D eigenvalue weighted by molar-refractivity contribution is 0.326. The maximum atomic E-state index is 5.55. The summed E-state index contributed by atoms with van der Waals surface area (Å²) in [6.45, 7) is 5.03. The molecule has 0 aliphatic heterocycles. The maximum absolute atomic E-state index is 5.55. The van der Waals surface area contributed by atoms with Crippen molar-refractivity contribution in [2.45, 2.75) is 38.3 Å². The minimum Gasteiger partial charge on any atom is -0.493 e. The summed E-state index contributed by atoms with van der Waals surface area (Å²) in [5.74, 6) is 1.56. The Balaban J connectivity index is 1.95. The second-order valence-electron chi connectivity index (χ2n) is 4.95. The van der Waals surface area contributed by atoms with E-state index in [9.17, 15) is 0 Å². The molecule has 3 nitrogen and oxygen atoms in total. The van der Waals surface area contributed by atoms with E-state index in [0.717, 1.165) is 18.0 Å². The van der Waals surface area contributed by atoms with Crippen LogP contribution in [0.3, 0.4) is 0 Å². The van der Waals surface area contributed by atoms with Gasteiger partial charge in [-0.25, -0.2) is 0 Å². The molecule has 0 amide bonds. The van der Waals surface area contributed by atoms with Gasteiger partial charge in [-0.05, 0) is 30.5 Å². The van der Waals surface area contributed by atoms with Crippen molar-refractivity contribution >= 4 is 0 Å². The first-order valence-corrected chi connectivity index (χ1v) is 6.97. The molecule has 0 unspecified atom stereocenters. The van der Waals surface area contributed by atoms with Gasteiger partial charge in [0, 0.05) is 12.6 Å². The van der Waals surface area contributed by atoms with Gasteiger partial charge in [0.15, 0.2) is 11.5 Å². The lowest BCUT2D eigenvalue weighted by atomic mass is 10.1. The SMILES string of the molecule is C=CCOc1ccc(CNC2CCCC2)cc1OC. The van der Waals surface area contributed by atoms with Gasteiger partial charge in [-0.1, -0.05) is 31.6 Å². The van der Waals surface area contributed by atoms with E-state index in [0.29, 0.717) is 12.6 Å². The monoisotopic (exact) mass is 261 g/mol. The number of hydrogen-bond donors (Lipinski definition) is 1. The molecule has 0 saturated heterocycles. The minimum atomic E-state index is 0.496. The molecule has 0 heterocycles. The molecule has 104 valence electrons. The van der Waals surface area contributed by atoms with Crippen LogP contribution in [0.25, 0.3) is 0 Å². The molecule has 1 fully saturated rings. The molecular formula is C16H23NO2. The van der Waals surface area contributed by atoms with E-state index < -0.39 is 0 Å². The highest BCUT2D eigenvalue weighted by Gasteiger charge is 2.14. The van der Waals surface area contributed by atoms with Crippen LogP contribution in [-0.4, -0.2) is 19.8 Å². The Labute approximate surface area is 115 Å². The van der Waals surface area contributed by atoms with Gasteiger partial charge in [-0.15, -0.1) is 0 Å². The molecule has 19 heavy (non-hydrogen) atoms. The molecule has 1 aliphatic rings. The minimum absolute atomic E-state index is 0.496. The van der Waals surface area contributed by atoms with Gasteiger partial charge in [0.1, 0.15) is 6.61 Å². The highest BCUT2D eigenvalue weighted by Crippen LogP contribution is 2.28.